The van der Waals surface area contributed by atoms with Crippen molar-refractivity contribution in [3.63, 3.8) is 0 Å². The second-order valence-electron chi connectivity index (χ2n) is 7.50. The Labute approximate surface area is 201 Å². The summed E-state index contributed by atoms with van der Waals surface area (Å²) < 4.78 is 36.8. The van der Waals surface area contributed by atoms with Crippen molar-refractivity contribution in [2.24, 2.45) is 4.99 Å². The Bertz CT molecular complexity index is 1080. The lowest BCUT2D eigenvalue weighted by Crippen LogP contribution is -2.33. The van der Waals surface area contributed by atoms with E-state index in [0.29, 0.717) is 12.0 Å². The van der Waals surface area contributed by atoms with Gasteiger partial charge in [0.1, 0.15) is 11.8 Å². The minimum absolute atomic E-state index is 0.696. The predicted octanol–water partition coefficient (Wildman–Crippen LogP) is 7.11. The van der Waals surface area contributed by atoms with Gasteiger partial charge in [0.2, 0.25) is 0 Å². The molecular weight excluding hydrogens is 493 g/mol. The highest BCUT2D eigenvalue weighted by Gasteiger charge is 2.31. The third-order valence-corrected chi connectivity index (χ3v) is 5.78. The summed E-state index contributed by atoms with van der Waals surface area (Å²) in [6.45, 7) is 11.4. The summed E-state index contributed by atoms with van der Waals surface area (Å²) in [5.41, 5.74) is 5.27. The number of aryl methyl sites for hydroxylation is 1. The zero-order valence-corrected chi connectivity index (χ0v) is 20.5. The van der Waals surface area contributed by atoms with Gasteiger partial charge in [-0.15, -0.1) is 0 Å². The number of nitrogens with zero attached hydrogens (tertiary/aromatic N) is 4. The van der Waals surface area contributed by atoms with E-state index in [9.17, 15) is 18.4 Å². The van der Waals surface area contributed by atoms with E-state index in [1.165, 1.54) is 23.4 Å². The first kappa shape index (κ1) is 26.3. The van der Waals surface area contributed by atoms with E-state index in [0.717, 1.165) is 47.0 Å². The van der Waals surface area contributed by atoms with Crippen molar-refractivity contribution >= 4 is 27.3 Å². The quantitative estimate of drug-likeness (QED) is 0.405. The number of aliphatic imine (C=N–C) groups is 1. The fourth-order valence-corrected chi connectivity index (χ4v) is 3.74. The summed E-state index contributed by atoms with van der Waals surface area (Å²) in [6.07, 6.45) is 0.190. The van der Waals surface area contributed by atoms with E-state index in [-0.39, 0.29) is 0 Å². The molecule has 4 nitrogen and oxygen atoms in total. The van der Waals surface area contributed by atoms with E-state index in [1.54, 1.807) is 6.20 Å². The molecule has 0 aliphatic carbocycles. The van der Waals surface area contributed by atoms with Gasteiger partial charge in [-0.3, -0.25) is 9.98 Å². The first-order valence-corrected chi connectivity index (χ1v) is 11.2. The molecule has 1 aliphatic rings. The van der Waals surface area contributed by atoms with E-state index in [2.05, 4.69) is 50.4 Å². The molecule has 1 aromatic carbocycles. The summed E-state index contributed by atoms with van der Waals surface area (Å²) in [6, 6.07) is 10.6. The molecule has 0 spiro atoms. The number of pyridine rings is 1. The largest absolute Gasteiger partial charge is 0.433 e. The van der Waals surface area contributed by atoms with Crippen LogP contribution in [0, 0.1) is 11.3 Å². The van der Waals surface area contributed by atoms with E-state index < -0.39 is 11.9 Å². The lowest BCUT2D eigenvalue weighted by Gasteiger charge is -2.32. The average Bonchev–Trinajstić information content (AvgIpc) is 2.79. The van der Waals surface area contributed by atoms with Crippen LogP contribution in [-0.2, 0) is 12.6 Å². The van der Waals surface area contributed by atoms with Crippen LogP contribution in [0.25, 0.3) is 0 Å². The summed E-state index contributed by atoms with van der Waals surface area (Å²) in [5, 5.41) is 9.34. The number of aromatic nitrogens is 1. The van der Waals surface area contributed by atoms with Crippen LogP contribution in [0.3, 0.4) is 0 Å². The van der Waals surface area contributed by atoms with E-state index >= 15 is 0 Å². The number of hydrogen-bond donors (Lipinski definition) is 0. The molecule has 0 N–H and O–H groups in total. The van der Waals surface area contributed by atoms with E-state index in [4.69, 9.17) is 0 Å². The van der Waals surface area contributed by atoms with Gasteiger partial charge in [-0.2, -0.15) is 18.4 Å². The van der Waals surface area contributed by atoms with Crippen LogP contribution in [0.4, 0.5) is 18.9 Å². The Hall–Kier alpha value is -2.92. The SMILES string of the molecule is C=CN=C(C)C1=C(C)CCN(c2ccc(Br)cc2C#N)C1.CCc1ccc(C(F)(F)F)nc1. The fraction of sp³-hybridized carbons (Fsp3) is 0.320. The fourth-order valence-electron chi connectivity index (χ4n) is 3.38. The Balaban J connectivity index is 0.000000273. The highest BCUT2D eigenvalue weighted by Crippen LogP contribution is 2.29. The van der Waals surface area contributed by atoms with Gasteiger partial charge in [-0.25, -0.2) is 0 Å². The minimum Gasteiger partial charge on any atom is -0.366 e. The van der Waals surface area contributed by atoms with Gasteiger partial charge < -0.3 is 4.90 Å². The van der Waals surface area contributed by atoms with Crippen LogP contribution in [0.2, 0.25) is 0 Å². The third-order valence-electron chi connectivity index (χ3n) is 5.29. The molecule has 0 unspecified atom stereocenters. The molecule has 0 saturated heterocycles. The molecule has 0 saturated carbocycles. The van der Waals surface area contributed by atoms with Crippen LogP contribution in [0.5, 0.6) is 0 Å². The predicted molar refractivity (Wildman–Crippen MR) is 130 cm³/mol. The summed E-state index contributed by atoms with van der Waals surface area (Å²) in [7, 11) is 0. The summed E-state index contributed by atoms with van der Waals surface area (Å²) in [4.78, 5) is 9.85. The highest BCUT2D eigenvalue weighted by atomic mass is 79.9. The normalized spacial score (nSPS) is 14.4. The number of hydrogen-bond acceptors (Lipinski definition) is 4. The zero-order valence-electron chi connectivity index (χ0n) is 18.9. The second kappa shape index (κ2) is 11.8. The van der Waals surface area contributed by atoms with Crippen LogP contribution < -0.4 is 4.90 Å². The van der Waals surface area contributed by atoms with E-state index in [1.807, 2.05) is 32.0 Å². The molecular formula is C25H26BrF3N4. The number of rotatable bonds is 4. The van der Waals surface area contributed by atoms with Crippen LogP contribution in [0.15, 0.2) is 69.9 Å². The molecule has 8 heteroatoms. The van der Waals surface area contributed by atoms with Crippen molar-refractivity contribution in [2.75, 3.05) is 18.0 Å². The number of benzene rings is 1. The standard InChI is InChI=1S/C17H18BrN3.C8H8F3N/c1-4-20-13(3)16-11-21(8-7-12(16)2)17-6-5-15(18)9-14(17)10-19;1-2-6-3-4-7(12-5-6)8(9,10)11/h4-6,9H,1,7-8,11H2,2-3H3;3-5H,2H2,1H3. The van der Waals surface area contributed by atoms with Gasteiger partial charge in [0.15, 0.2) is 0 Å². The van der Waals surface area contributed by atoms with Crippen molar-refractivity contribution < 1.29 is 13.2 Å². The molecule has 2 aromatic rings. The molecule has 0 fully saturated rings. The Morgan fingerprint density at radius 1 is 1.33 bits per heavy atom. The van der Waals surface area contributed by atoms with Crippen molar-refractivity contribution in [1.82, 2.24) is 4.98 Å². The Morgan fingerprint density at radius 2 is 2.06 bits per heavy atom. The van der Waals surface area contributed by atoms with Gasteiger partial charge in [-0.1, -0.05) is 41.1 Å². The van der Waals surface area contributed by atoms with Crippen LogP contribution in [0.1, 0.15) is 44.0 Å². The molecule has 1 aliphatic heterocycles. The molecule has 1 aromatic heterocycles. The Morgan fingerprint density at radius 3 is 2.61 bits per heavy atom. The second-order valence-corrected chi connectivity index (χ2v) is 8.42. The lowest BCUT2D eigenvalue weighted by molar-refractivity contribution is -0.141. The number of alkyl halides is 3. The zero-order chi connectivity index (χ0) is 24.6. The third kappa shape index (κ3) is 7.29. The maximum atomic E-state index is 12.0. The molecule has 3 rings (SSSR count). The van der Waals surface area contributed by atoms with Crippen LogP contribution in [-0.4, -0.2) is 23.8 Å². The smallest absolute Gasteiger partial charge is 0.366 e. The summed E-state index contributed by atoms with van der Waals surface area (Å²) in [5.74, 6) is 0. The number of nitriles is 1. The monoisotopic (exact) mass is 518 g/mol. The molecule has 0 radical (unpaired) electrons. The Kier molecular flexibility index (Phi) is 9.42. The highest BCUT2D eigenvalue weighted by molar-refractivity contribution is 9.10. The van der Waals surface area contributed by atoms with Gasteiger partial charge in [0.25, 0.3) is 0 Å². The number of anilines is 1. The first-order chi connectivity index (χ1) is 15.6. The average molecular weight is 519 g/mol. The van der Waals surface area contributed by atoms with Crippen LogP contribution >= 0.6 is 15.9 Å². The summed E-state index contributed by atoms with van der Waals surface area (Å²) >= 11 is 3.42. The molecule has 0 atom stereocenters. The maximum Gasteiger partial charge on any atom is 0.433 e. The van der Waals surface area contributed by atoms with Crippen molar-refractivity contribution in [2.45, 2.75) is 39.8 Å². The van der Waals surface area contributed by atoms with Gasteiger partial charge in [-0.05, 0) is 62.1 Å². The van der Waals surface area contributed by atoms with Crippen molar-refractivity contribution in [1.29, 1.82) is 5.26 Å². The molecule has 0 amide bonds. The maximum absolute atomic E-state index is 12.0. The molecule has 174 valence electrons. The first-order valence-electron chi connectivity index (χ1n) is 10.4. The van der Waals surface area contributed by atoms with Crippen molar-refractivity contribution in [3.8, 4) is 6.07 Å². The molecule has 33 heavy (non-hydrogen) atoms. The minimum atomic E-state index is -4.33. The topological polar surface area (TPSA) is 52.3 Å². The number of halogens is 4. The molecule has 2 heterocycles. The van der Waals surface area contributed by atoms with Gasteiger partial charge in [0, 0.05) is 35.7 Å². The lowest BCUT2D eigenvalue weighted by atomic mass is 9.97. The van der Waals surface area contributed by atoms with Gasteiger partial charge >= 0.3 is 6.18 Å². The van der Waals surface area contributed by atoms with Crippen molar-refractivity contribution in [3.05, 3.63) is 81.7 Å². The van der Waals surface area contributed by atoms with Gasteiger partial charge in [0.05, 0.1) is 11.3 Å². The molecule has 0 bridgehead atoms.